The van der Waals surface area contributed by atoms with Gasteiger partial charge < -0.3 is 10.0 Å². The third-order valence-electron chi connectivity index (χ3n) is 4.16. The molecule has 0 aliphatic carbocycles. The van der Waals surface area contributed by atoms with Crippen LogP contribution in [-0.4, -0.2) is 33.6 Å². The maximum absolute atomic E-state index is 11.6. The first kappa shape index (κ1) is 15.7. The van der Waals surface area contributed by atoms with Gasteiger partial charge in [0.25, 0.3) is 0 Å². The summed E-state index contributed by atoms with van der Waals surface area (Å²) in [5, 5.41) is 9.51. The number of hydrogen-bond donors (Lipinski definition) is 1. The van der Waals surface area contributed by atoms with Crippen LogP contribution in [0.1, 0.15) is 75.1 Å². The molecule has 1 aliphatic rings. The van der Waals surface area contributed by atoms with Gasteiger partial charge >= 0.3 is 5.97 Å². The number of carboxylic acid groups (broad SMARTS) is 1. The Kier molecular flexibility index (Phi) is 5.15. The lowest BCUT2D eigenvalue weighted by Crippen LogP contribution is -2.36. The molecule has 1 fully saturated rings. The van der Waals surface area contributed by atoms with Crippen molar-refractivity contribution < 1.29 is 9.90 Å². The summed E-state index contributed by atoms with van der Waals surface area (Å²) >= 11 is 0. The molecule has 1 aromatic rings. The topological polar surface area (TPSA) is 66.3 Å². The Bertz CT molecular complexity index is 502. The summed E-state index contributed by atoms with van der Waals surface area (Å²) in [6.45, 7) is 7.00. The molecular formula is C16H25N3O2. The van der Waals surface area contributed by atoms with E-state index >= 15 is 0 Å². The second-order valence-electron chi connectivity index (χ2n) is 6.03. The van der Waals surface area contributed by atoms with E-state index in [2.05, 4.69) is 21.8 Å². The predicted molar refractivity (Wildman–Crippen MR) is 83.0 cm³/mol. The van der Waals surface area contributed by atoms with Crippen molar-refractivity contribution in [3.63, 3.8) is 0 Å². The minimum atomic E-state index is -0.964. The summed E-state index contributed by atoms with van der Waals surface area (Å²) < 4.78 is 0. The van der Waals surface area contributed by atoms with Gasteiger partial charge in [-0.1, -0.05) is 33.6 Å². The van der Waals surface area contributed by atoms with Crippen molar-refractivity contribution in [1.29, 1.82) is 0 Å². The normalized spacial score (nSPS) is 19.6. The second-order valence-corrected chi connectivity index (χ2v) is 6.03. The molecule has 1 aromatic heterocycles. The highest BCUT2D eigenvalue weighted by atomic mass is 16.4. The van der Waals surface area contributed by atoms with Crippen LogP contribution < -0.4 is 4.90 Å². The summed E-state index contributed by atoms with van der Waals surface area (Å²) in [4.78, 5) is 22.5. The highest BCUT2D eigenvalue weighted by Gasteiger charge is 2.26. The van der Waals surface area contributed by atoms with E-state index in [9.17, 15) is 9.90 Å². The van der Waals surface area contributed by atoms with Crippen LogP contribution in [0.15, 0.2) is 6.20 Å². The Hall–Kier alpha value is -1.65. The fourth-order valence-electron chi connectivity index (χ4n) is 2.95. The molecular weight excluding hydrogens is 266 g/mol. The molecule has 1 unspecified atom stereocenters. The molecule has 5 heteroatoms. The van der Waals surface area contributed by atoms with Crippen molar-refractivity contribution in [3.8, 4) is 0 Å². The maximum atomic E-state index is 11.6. The van der Waals surface area contributed by atoms with Gasteiger partial charge in [-0.05, 0) is 19.3 Å². The van der Waals surface area contributed by atoms with Gasteiger partial charge in [0, 0.05) is 18.5 Å². The van der Waals surface area contributed by atoms with Gasteiger partial charge in [-0.3, -0.25) is 0 Å². The Morgan fingerprint density at radius 1 is 1.43 bits per heavy atom. The van der Waals surface area contributed by atoms with E-state index in [0.717, 1.165) is 25.8 Å². The first-order chi connectivity index (χ1) is 10.0. The molecule has 116 valence electrons. The number of nitrogens with zero attached hydrogens (tertiary/aromatic N) is 3. The largest absolute Gasteiger partial charge is 0.476 e. The number of rotatable bonds is 4. The minimum absolute atomic E-state index is 0.128. The van der Waals surface area contributed by atoms with Gasteiger partial charge in [0.1, 0.15) is 5.82 Å². The van der Waals surface area contributed by atoms with Crippen molar-refractivity contribution in [3.05, 3.63) is 17.7 Å². The zero-order valence-electron chi connectivity index (χ0n) is 13.2. The van der Waals surface area contributed by atoms with Crippen LogP contribution in [0.2, 0.25) is 0 Å². The molecule has 5 nitrogen and oxygen atoms in total. The number of carbonyl (C=O) groups is 1. The molecule has 0 amide bonds. The number of aromatic carboxylic acids is 1. The standard InChI is InChI=1S/C16H25N3O2/c1-4-12-8-6-5-7-9-19(12)13-10-17-15(11(2)3)18-14(13)16(20)21/h10-12H,4-9H2,1-3H3,(H,20,21). The quantitative estimate of drug-likeness (QED) is 0.920. The summed E-state index contributed by atoms with van der Waals surface area (Å²) in [5.74, 6) is -0.240. The summed E-state index contributed by atoms with van der Waals surface area (Å²) in [6, 6.07) is 0.388. The molecule has 0 saturated carbocycles. The third kappa shape index (κ3) is 3.52. The fraction of sp³-hybridized carbons (Fsp3) is 0.688. The molecule has 1 aliphatic heterocycles. The molecule has 2 rings (SSSR count). The van der Waals surface area contributed by atoms with Crippen LogP contribution >= 0.6 is 0 Å². The Morgan fingerprint density at radius 3 is 2.81 bits per heavy atom. The summed E-state index contributed by atoms with van der Waals surface area (Å²) in [5.41, 5.74) is 0.828. The Balaban J connectivity index is 2.42. The zero-order valence-corrected chi connectivity index (χ0v) is 13.2. The molecule has 0 spiro atoms. The third-order valence-corrected chi connectivity index (χ3v) is 4.16. The molecule has 1 saturated heterocycles. The van der Waals surface area contributed by atoms with Gasteiger partial charge in [-0.15, -0.1) is 0 Å². The van der Waals surface area contributed by atoms with E-state index in [1.165, 1.54) is 12.8 Å². The molecule has 2 heterocycles. The summed E-state index contributed by atoms with van der Waals surface area (Å²) in [7, 11) is 0. The SMILES string of the molecule is CCC1CCCCCN1c1cnc(C(C)C)nc1C(=O)O. The van der Waals surface area contributed by atoms with Crippen LogP contribution in [0.25, 0.3) is 0 Å². The van der Waals surface area contributed by atoms with E-state index in [1.807, 2.05) is 13.8 Å². The van der Waals surface area contributed by atoms with Gasteiger partial charge in [0.15, 0.2) is 5.69 Å². The van der Waals surface area contributed by atoms with E-state index in [-0.39, 0.29) is 11.6 Å². The average Bonchev–Trinajstić information content (AvgIpc) is 2.71. The van der Waals surface area contributed by atoms with Crippen LogP contribution in [-0.2, 0) is 0 Å². The van der Waals surface area contributed by atoms with E-state index in [4.69, 9.17) is 0 Å². The van der Waals surface area contributed by atoms with Crippen LogP contribution in [0.5, 0.6) is 0 Å². The molecule has 0 aromatic carbocycles. The number of hydrogen-bond acceptors (Lipinski definition) is 4. The average molecular weight is 291 g/mol. The first-order valence-corrected chi connectivity index (χ1v) is 7.91. The van der Waals surface area contributed by atoms with Crippen molar-refractivity contribution in [2.45, 2.75) is 64.8 Å². The van der Waals surface area contributed by atoms with Crippen LogP contribution in [0, 0.1) is 0 Å². The molecule has 0 bridgehead atoms. The van der Waals surface area contributed by atoms with E-state index in [0.29, 0.717) is 17.6 Å². The highest BCUT2D eigenvalue weighted by Crippen LogP contribution is 2.28. The second kappa shape index (κ2) is 6.87. The minimum Gasteiger partial charge on any atom is -0.476 e. The fourth-order valence-corrected chi connectivity index (χ4v) is 2.95. The molecule has 1 N–H and O–H groups in total. The lowest BCUT2D eigenvalue weighted by atomic mass is 10.1. The number of carboxylic acids is 1. The lowest BCUT2D eigenvalue weighted by Gasteiger charge is -2.32. The van der Waals surface area contributed by atoms with Gasteiger partial charge in [0.05, 0.1) is 11.9 Å². The van der Waals surface area contributed by atoms with Gasteiger partial charge in [0.2, 0.25) is 0 Å². The van der Waals surface area contributed by atoms with Crippen molar-refractivity contribution in [2.24, 2.45) is 0 Å². The highest BCUT2D eigenvalue weighted by molar-refractivity contribution is 5.92. The molecule has 21 heavy (non-hydrogen) atoms. The maximum Gasteiger partial charge on any atom is 0.356 e. The van der Waals surface area contributed by atoms with E-state index < -0.39 is 5.97 Å². The van der Waals surface area contributed by atoms with Crippen LogP contribution in [0.4, 0.5) is 5.69 Å². The van der Waals surface area contributed by atoms with Gasteiger partial charge in [-0.2, -0.15) is 0 Å². The zero-order chi connectivity index (χ0) is 15.4. The summed E-state index contributed by atoms with van der Waals surface area (Å²) in [6.07, 6.45) is 7.36. The Labute approximate surface area is 126 Å². The van der Waals surface area contributed by atoms with Crippen LogP contribution in [0.3, 0.4) is 0 Å². The predicted octanol–water partition coefficient (Wildman–Crippen LogP) is 3.46. The molecule has 1 atom stereocenters. The van der Waals surface area contributed by atoms with Crippen molar-refractivity contribution in [1.82, 2.24) is 9.97 Å². The van der Waals surface area contributed by atoms with Gasteiger partial charge in [-0.25, -0.2) is 14.8 Å². The van der Waals surface area contributed by atoms with Crippen molar-refractivity contribution in [2.75, 3.05) is 11.4 Å². The lowest BCUT2D eigenvalue weighted by molar-refractivity contribution is 0.0690. The number of aromatic nitrogens is 2. The molecule has 0 radical (unpaired) electrons. The monoisotopic (exact) mass is 291 g/mol. The number of anilines is 1. The first-order valence-electron chi connectivity index (χ1n) is 7.91. The van der Waals surface area contributed by atoms with E-state index in [1.54, 1.807) is 6.20 Å². The Morgan fingerprint density at radius 2 is 2.19 bits per heavy atom. The van der Waals surface area contributed by atoms with Crippen molar-refractivity contribution >= 4 is 11.7 Å². The smallest absolute Gasteiger partial charge is 0.356 e.